The van der Waals surface area contributed by atoms with Crippen molar-refractivity contribution in [1.29, 1.82) is 0 Å². The zero-order valence-electron chi connectivity index (χ0n) is 16.7. The molecule has 1 aliphatic rings. The predicted molar refractivity (Wildman–Crippen MR) is 113 cm³/mol. The van der Waals surface area contributed by atoms with Gasteiger partial charge >= 0.3 is 5.97 Å². The summed E-state index contributed by atoms with van der Waals surface area (Å²) < 4.78 is 5.20. The molecule has 0 aliphatic carbocycles. The van der Waals surface area contributed by atoms with Gasteiger partial charge in [0.25, 0.3) is 23.2 Å². The Bertz CT molecular complexity index is 1330. The van der Waals surface area contributed by atoms with Gasteiger partial charge < -0.3 is 4.74 Å². The number of hydrogen-bond acceptors (Lipinski definition) is 8. The molecule has 1 aliphatic heterocycles. The van der Waals surface area contributed by atoms with Crippen LogP contribution in [0.1, 0.15) is 36.6 Å². The fraction of sp³-hybridized carbons (Fsp3) is 0.0455. The van der Waals surface area contributed by atoms with Crippen LogP contribution in [-0.2, 0) is 11.3 Å². The predicted octanol–water partition coefficient (Wildman–Crippen LogP) is 3.66. The Hall–Kier alpha value is -4.93. The van der Waals surface area contributed by atoms with E-state index in [1.54, 1.807) is 0 Å². The Balaban J connectivity index is 1.52. The van der Waals surface area contributed by atoms with Crippen LogP contribution < -0.4 is 4.90 Å². The molecule has 0 unspecified atom stereocenters. The van der Waals surface area contributed by atoms with E-state index in [9.17, 15) is 34.6 Å². The van der Waals surface area contributed by atoms with Crippen LogP contribution in [0.25, 0.3) is 0 Å². The van der Waals surface area contributed by atoms with Crippen LogP contribution >= 0.6 is 0 Å². The summed E-state index contributed by atoms with van der Waals surface area (Å²) in [6.07, 6.45) is 0. The van der Waals surface area contributed by atoms with Crippen molar-refractivity contribution in [2.24, 2.45) is 0 Å². The number of nitro groups is 2. The number of anilines is 1. The average molecular weight is 447 g/mol. The van der Waals surface area contributed by atoms with Gasteiger partial charge in [0.15, 0.2) is 0 Å². The quantitative estimate of drug-likeness (QED) is 0.240. The lowest BCUT2D eigenvalue weighted by Crippen LogP contribution is -2.29. The van der Waals surface area contributed by atoms with Gasteiger partial charge in [-0.2, -0.15) is 0 Å². The highest BCUT2D eigenvalue weighted by Crippen LogP contribution is 2.31. The van der Waals surface area contributed by atoms with Crippen LogP contribution in [0.5, 0.6) is 0 Å². The van der Waals surface area contributed by atoms with Crippen molar-refractivity contribution in [3.8, 4) is 0 Å². The van der Waals surface area contributed by atoms with Crippen molar-refractivity contribution in [1.82, 2.24) is 0 Å². The molecule has 0 radical (unpaired) electrons. The van der Waals surface area contributed by atoms with E-state index in [1.165, 1.54) is 60.7 Å². The van der Waals surface area contributed by atoms with Crippen LogP contribution in [0, 0.1) is 20.2 Å². The minimum atomic E-state index is -0.759. The fourth-order valence-electron chi connectivity index (χ4n) is 3.29. The molecule has 1 heterocycles. The minimum absolute atomic E-state index is 0.0257. The molecule has 0 aromatic heterocycles. The molecule has 3 aromatic rings. The second-order valence-corrected chi connectivity index (χ2v) is 6.98. The number of carbonyl (C=O) groups is 3. The smallest absolute Gasteiger partial charge is 0.338 e. The normalized spacial score (nSPS) is 12.4. The SMILES string of the molecule is O=C(OCc1ccc([N+](=O)[O-])cc1)c1ccc2c(c1)C(=O)N(c1cccc([N+](=O)[O-])c1)C2=O. The number of non-ortho nitro benzene ring substituents is 2. The van der Waals surface area contributed by atoms with E-state index in [2.05, 4.69) is 0 Å². The van der Waals surface area contributed by atoms with Crippen molar-refractivity contribution in [2.75, 3.05) is 4.90 Å². The lowest BCUT2D eigenvalue weighted by Gasteiger charge is -2.13. The van der Waals surface area contributed by atoms with Crippen LogP contribution in [0.3, 0.4) is 0 Å². The van der Waals surface area contributed by atoms with Crippen molar-refractivity contribution in [3.05, 3.63) is 109 Å². The number of imide groups is 1. The number of nitro benzene ring substituents is 2. The fourth-order valence-corrected chi connectivity index (χ4v) is 3.29. The molecule has 3 aromatic carbocycles. The third-order valence-corrected chi connectivity index (χ3v) is 4.94. The number of ether oxygens (including phenoxy) is 1. The molecule has 2 amide bonds. The van der Waals surface area contributed by atoms with Gasteiger partial charge in [-0.1, -0.05) is 6.07 Å². The summed E-state index contributed by atoms with van der Waals surface area (Å²) in [7, 11) is 0. The highest BCUT2D eigenvalue weighted by atomic mass is 16.6. The van der Waals surface area contributed by atoms with Crippen molar-refractivity contribution < 1.29 is 29.0 Å². The molecule has 4 rings (SSSR count). The van der Waals surface area contributed by atoms with E-state index in [0.29, 0.717) is 5.56 Å². The molecule has 0 saturated heterocycles. The molecule has 0 atom stereocenters. The number of rotatable bonds is 6. The highest BCUT2D eigenvalue weighted by Gasteiger charge is 2.37. The lowest BCUT2D eigenvalue weighted by molar-refractivity contribution is -0.385. The molecule has 0 saturated carbocycles. The number of amides is 2. The largest absolute Gasteiger partial charge is 0.457 e. The van der Waals surface area contributed by atoms with E-state index in [1.807, 2.05) is 0 Å². The van der Waals surface area contributed by atoms with Gasteiger partial charge in [-0.15, -0.1) is 0 Å². The summed E-state index contributed by atoms with van der Waals surface area (Å²) in [6.45, 7) is -0.152. The van der Waals surface area contributed by atoms with Gasteiger partial charge in [-0.05, 0) is 42.0 Å². The molecular weight excluding hydrogens is 434 g/mol. The van der Waals surface area contributed by atoms with E-state index in [4.69, 9.17) is 4.74 Å². The summed E-state index contributed by atoms with van der Waals surface area (Å²) in [6, 6.07) is 14.4. The Labute approximate surface area is 185 Å². The Kier molecular flexibility index (Phi) is 5.36. The number of carbonyl (C=O) groups excluding carboxylic acids is 3. The molecule has 11 heteroatoms. The molecule has 0 fully saturated rings. The molecule has 33 heavy (non-hydrogen) atoms. The minimum Gasteiger partial charge on any atom is -0.457 e. The molecule has 0 spiro atoms. The van der Waals surface area contributed by atoms with E-state index < -0.39 is 27.6 Å². The number of hydrogen-bond donors (Lipinski definition) is 0. The summed E-state index contributed by atoms with van der Waals surface area (Å²) >= 11 is 0. The van der Waals surface area contributed by atoms with Crippen LogP contribution in [0.15, 0.2) is 66.7 Å². The van der Waals surface area contributed by atoms with Gasteiger partial charge in [0.05, 0.1) is 32.2 Å². The van der Waals surface area contributed by atoms with Crippen LogP contribution in [0.4, 0.5) is 17.1 Å². The second-order valence-electron chi connectivity index (χ2n) is 6.98. The zero-order valence-corrected chi connectivity index (χ0v) is 16.7. The molecule has 11 nitrogen and oxygen atoms in total. The average Bonchev–Trinajstić information content (AvgIpc) is 3.07. The van der Waals surface area contributed by atoms with Crippen LogP contribution in [-0.4, -0.2) is 27.6 Å². The maximum Gasteiger partial charge on any atom is 0.338 e. The Morgan fingerprint density at radius 2 is 1.48 bits per heavy atom. The highest BCUT2D eigenvalue weighted by molar-refractivity contribution is 6.34. The standard InChI is InChI=1S/C22H13N3O8/c26-20-18-9-6-14(22(28)33-12-13-4-7-15(8-5-13)24(29)30)10-19(18)21(27)23(20)16-2-1-3-17(11-16)25(31)32/h1-11H,12H2. The van der Waals surface area contributed by atoms with E-state index >= 15 is 0 Å². The molecule has 164 valence electrons. The maximum absolute atomic E-state index is 12.9. The topological polar surface area (TPSA) is 150 Å². The van der Waals surface area contributed by atoms with Gasteiger partial charge in [-0.25, -0.2) is 9.69 Å². The van der Waals surface area contributed by atoms with E-state index in [0.717, 1.165) is 11.0 Å². The first-order valence-electron chi connectivity index (χ1n) is 9.44. The van der Waals surface area contributed by atoms with Gasteiger partial charge in [0, 0.05) is 24.3 Å². The van der Waals surface area contributed by atoms with Crippen molar-refractivity contribution >= 4 is 34.8 Å². The van der Waals surface area contributed by atoms with E-state index in [-0.39, 0.29) is 40.4 Å². The Morgan fingerprint density at radius 1 is 0.818 bits per heavy atom. The summed E-state index contributed by atoms with van der Waals surface area (Å²) in [4.78, 5) is 59.4. The first-order chi connectivity index (χ1) is 15.8. The van der Waals surface area contributed by atoms with Crippen molar-refractivity contribution in [2.45, 2.75) is 6.61 Å². The van der Waals surface area contributed by atoms with Crippen LogP contribution in [0.2, 0.25) is 0 Å². The van der Waals surface area contributed by atoms with Gasteiger partial charge in [-0.3, -0.25) is 29.8 Å². The van der Waals surface area contributed by atoms with Crippen molar-refractivity contribution in [3.63, 3.8) is 0 Å². The molecular formula is C22H13N3O8. The third kappa shape index (κ3) is 4.02. The molecule has 0 bridgehead atoms. The number of fused-ring (bicyclic) bond motifs is 1. The summed E-state index contributed by atoms with van der Waals surface area (Å²) in [5.41, 5.74) is 0.239. The summed E-state index contributed by atoms with van der Waals surface area (Å²) in [5.74, 6) is -2.15. The second kappa shape index (κ2) is 8.30. The number of benzene rings is 3. The zero-order chi connectivity index (χ0) is 23.7. The summed E-state index contributed by atoms with van der Waals surface area (Å²) in [5, 5.41) is 21.7. The maximum atomic E-state index is 12.9. The first kappa shape index (κ1) is 21.3. The third-order valence-electron chi connectivity index (χ3n) is 4.94. The first-order valence-corrected chi connectivity index (χ1v) is 9.44. The van der Waals surface area contributed by atoms with Gasteiger partial charge in [0.1, 0.15) is 6.61 Å². The monoisotopic (exact) mass is 447 g/mol. The Morgan fingerprint density at radius 3 is 2.15 bits per heavy atom. The van der Waals surface area contributed by atoms with Gasteiger partial charge in [0.2, 0.25) is 0 Å². The molecule has 0 N–H and O–H groups in total. The number of esters is 1. The number of nitrogens with zero attached hydrogens (tertiary/aromatic N) is 3. The lowest BCUT2D eigenvalue weighted by atomic mass is 10.1.